The lowest BCUT2D eigenvalue weighted by atomic mass is 9.99. The lowest BCUT2D eigenvalue weighted by Gasteiger charge is -2.32. The Morgan fingerprint density at radius 2 is 0.909 bits per heavy atom. The van der Waals surface area contributed by atoms with Crippen molar-refractivity contribution in [1.29, 1.82) is 0 Å². The number of carbonyl (C=O) groups is 18. The number of H-pyrrole nitrogens is 2. The summed E-state index contributed by atoms with van der Waals surface area (Å²) in [5, 5.41) is 61.2. The first-order valence-corrected chi connectivity index (χ1v) is 50.0. The van der Waals surface area contributed by atoms with Crippen molar-refractivity contribution < 1.29 is 116 Å². The van der Waals surface area contributed by atoms with Gasteiger partial charge < -0.3 is 129 Å². The van der Waals surface area contributed by atoms with Crippen molar-refractivity contribution in [2.45, 2.75) is 204 Å². The lowest BCUT2D eigenvalue weighted by Crippen LogP contribution is -2.62. The smallest absolute Gasteiger partial charge is 0.305 e. The Bertz CT molecular complexity index is 5890. The van der Waals surface area contributed by atoms with Crippen molar-refractivity contribution >= 4 is 164 Å². The summed E-state index contributed by atoms with van der Waals surface area (Å²) in [7, 11) is 4.24. The number of para-hydroxylation sites is 2. The van der Waals surface area contributed by atoms with E-state index in [-0.39, 0.29) is 88.1 Å². The zero-order chi connectivity index (χ0) is 104. The van der Waals surface area contributed by atoms with Gasteiger partial charge in [-0.15, -0.1) is 35.3 Å². The molecule has 11 rings (SSSR count). The van der Waals surface area contributed by atoms with Gasteiger partial charge in [-0.2, -0.15) is 0 Å². The molecule has 43 nitrogen and oxygen atoms in total. The second-order valence-electron chi connectivity index (χ2n) is 36.3. The zero-order valence-electron chi connectivity index (χ0n) is 80.6. The second kappa shape index (κ2) is 51.1. The highest BCUT2D eigenvalue weighted by atomic mass is 32.2. The largest absolute Gasteiger partial charge is 0.497 e. The number of carbonyl (C=O) groups excluding carboxylic acids is 16. The van der Waals surface area contributed by atoms with E-state index in [4.69, 9.17) is 25.7 Å². The normalized spacial score (nSPS) is 23.0. The van der Waals surface area contributed by atoms with Crippen LogP contribution in [0.15, 0.2) is 116 Å². The Balaban J connectivity index is 1.05. The number of nitrogens with two attached hydrogens (primary N) is 2. The van der Waals surface area contributed by atoms with Crippen LogP contribution in [-0.2, 0) is 138 Å². The van der Waals surface area contributed by atoms with Gasteiger partial charge in [-0.25, -0.2) is 0 Å². The quantitative estimate of drug-likeness (QED) is 0.0542. The summed E-state index contributed by atoms with van der Waals surface area (Å²) in [6.45, 7) is 6.49. The van der Waals surface area contributed by atoms with Crippen molar-refractivity contribution in [2.24, 2.45) is 23.3 Å². The number of nitrogens with one attached hydrogen (secondary N) is 13. The molecule has 10 bridgehead atoms. The minimum absolute atomic E-state index is 0.0116. The van der Waals surface area contributed by atoms with E-state index in [2.05, 4.69) is 68.5 Å². The Morgan fingerprint density at radius 3 is 1.36 bits per heavy atom. The number of aliphatic hydroxyl groups is 1. The molecule has 0 saturated carbocycles. The molecule has 0 radical (unpaired) electrons. The number of amides is 16. The number of benzene rings is 5. The average molecular weight is 2040 g/mol. The van der Waals surface area contributed by atoms with E-state index >= 15 is 38.4 Å². The highest BCUT2D eigenvalue weighted by Crippen LogP contribution is 2.31. The minimum atomic E-state index is -2.02. The van der Waals surface area contributed by atoms with E-state index in [9.17, 15) is 63.3 Å². The average Bonchev–Trinajstić information content (AvgIpc) is 1.65. The SMILES string of the molecule is COc1cc2cc(c1)CN1Cc3cc(cc(OC)c3)CN3Cc4cc(cc(OC)c4)CN(C2)C(=O)CSC[C@@H](C(N)=O)NC(=O)[C@@H]2CCCN2C(=O)[C@H](C(C)C)NC(=O)[C@H](Cc2c[nH]c4ccccc24)NC(=O)CNC(=O)[C@H](CC(=O)O)NC(=O)[C@H](C(C)C)NC(=O)[C@H](Cc2c[nH]c4ccccc24)NC(=O)[C@H](CSCC3=O)NC(=O)[C@H](CCC(=O)O)NC(=O)[C@H]([C@@H](C)O)NC(=O)[C@@H](NC(=O)[C@H](C)N)CSCC1=O. The van der Waals surface area contributed by atoms with Crippen LogP contribution in [0.1, 0.15) is 118 Å². The molecule has 16 amide bonds. The van der Waals surface area contributed by atoms with E-state index in [0.717, 1.165) is 42.2 Å². The van der Waals surface area contributed by atoms with Crippen molar-refractivity contribution in [3.05, 3.63) is 160 Å². The number of carboxylic acids is 2. The molecule has 7 aromatic rings. The number of hydrogen-bond donors (Lipinski definition) is 18. The second-order valence-corrected chi connectivity index (χ2v) is 39.4. The summed E-state index contributed by atoms with van der Waals surface area (Å²) >= 11 is 2.58. The maximum atomic E-state index is 15.9. The number of aromatic amines is 2. The van der Waals surface area contributed by atoms with Crippen LogP contribution in [0.3, 0.4) is 0 Å². The lowest BCUT2D eigenvalue weighted by molar-refractivity contribution is -0.143. The number of hydrogen-bond acceptors (Lipinski definition) is 26. The van der Waals surface area contributed by atoms with Crippen molar-refractivity contribution in [2.75, 3.05) is 68.9 Å². The van der Waals surface area contributed by atoms with Gasteiger partial charge in [-0.05, 0) is 138 Å². The van der Waals surface area contributed by atoms with E-state index in [1.54, 1.807) is 129 Å². The first-order valence-electron chi connectivity index (χ1n) is 46.6. The molecule has 20 N–H and O–H groups in total. The van der Waals surface area contributed by atoms with Gasteiger partial charge >= 0.3 is 11.9 Å². The van der Waals surface area contributed by atoms with Crippen LogP contribution < -0.4 is 84.2 Å². The summed E-state index contributed by atoms with van der Waals surface area (Å²) in [6, 6.07) is 9.23. The van der Waals surface area contributed by atoms with Gasteiger partial charge in [0.2, 0.25) is 94.5 Å². The topological polar surface area (TPSA) is 625 Å². The first kappa shape index (κ1) is 109. The summed E-state index contributed by atoms with van der Waals surface area (Å²) in [6.07, 6.45) is -1.67. The van der Waals surface area contributed by atoms with Gasteiger partial charge in [-0.1, -0.05) is 82.3 Å². The molecular formula is C97H123N19O24S3. The molecule has 6 heterocycles. The molecule has 5 aromatic carbocycles. The number of primary amides is 1. The van der Waals surface area contributed by atoms with E-state index in [1.807, 2.05) is 0 Å². The molecule has 2 aromatic heterocycles. The summed E-state index contributed by atoms with van der Waals surface area (Å²) in [4.78, 5) is 276. The molecule has 0 spiro atoms. The molecule has 46 heteroatoms. The maximum absolute atomic E-state index is 15.9. The van der Waals surface area contributed by atoms with Gasteiger partial charge in [-0.3, -0.25) is 86.3 Å². The first-order chi connectivity index (χ1) is 68.1. The number of aliphatic hydroxyl groups excluding tert-OH is 1. The Morgan fingerprint density at radius 1 is 0.476 bits per heavy atom. The number of fused-ring (bicyclic) bond motifs is 11. The number of thioether (sulfide) groups is 3. The molecule has 4 aliphatic rings. The third-order valence-corrected chi connectivity index (χ3v) is 27.6. The van der Waals surface area contributed by atoms with Crippen LogP contribution >= 0.6 is 35.3 Å². The third-order valence-electron chi connectivity index (χ3n) is 24.5. The number of ether oxygens (including phenoxy) is 3. The van der Waals surface area contributed by atoms with Crippen LogP contribution in [-0.4, -0.2) is 299 Å². The number of methoxy groups -OCH3 is 3. The molecule has 1 fully saturated rings. The highest BCUT2D eigenvalue weighted by molar-refractivity contribution is 8.00. The van der Waals surface area contributed by atoms with E-state index in [0.29, 0.717) is 72.1 Å². The van der Waals surface area contributed by atoms with Crippen LogP contribution in [0.25, 0.3) is 21.8 Å². The molecule has 13 atom stereocenters. The van der Waals surface area contributed by atoms with Gasteiger partial charge in [0.15, 0.2) is 0 Å². The standard InChI is InChI=1S/C97H123N19O24S3/c1-50(2)83-95(135)106-72(34-82(124)125)88(128)102-37-77(118)103-70(32-60-35-100-67-17-12-10-15-65(60)67)90(130)111-84(51(3)4)97(137)116-22-14-19-76(116)94(134)107-73(86(99)126)44-141-47-78(119)113-38-54-23-56(28-62(26-54)138-7)40-114-41-58-25-59(31-64(30-58)140-9)43-115(42-57-24-55(39-113)27-63(29-57)139-8)80(121)49-143-46-75(108-87(127)52(5)98)93(133)112-85(53(6)117)96(136)104-69(20-21-81(122)123)89(129)109-74(45-142-48-79(114)120)92(132)105-71(91(131)110-83)33-61-36-101-68-18-13-11-16-66(61)68/h10-13,15-18,23-31,35-36,50-53,69-76,83-85,100-101,117H,14,19-22,32-34,37-49,98H2,1-9H3,(H2,99,126)(H,102,128)(H,103,118)(H,104,136)(H,105,132)(H,106,135)(H,107,134)(H,108,127)(H,109,129)(H,110,131)(H,111,130)(H,112,133)(H,122,123)(H,124,125)/t52-,53+,69-,70-,71-,72-,73-,74-,75-,76-,83-,84-,85-/m0/s1. The predicted octanol–water partition coefficient (Wildman–Crippen LogP) is 0.107. The summed E-state index contributed by atoms with van der Waals surface area (Å²) in [5.41, 5.74) is 16.9. The Kier molecular flexibility index (Phi) is 39.1. The van der Waals surface area contributed by atoms with Gasteiger partial charge in [0.25, 0.3) is 0 Å². The molecule has 0 aliphatic carbocycles. The molecule has 0 unspecified atom stereocenters. The van der Waals surface area contributed by atoms with Crippen LogP contribution in [0.2, 0.25) is 0 Å². The zero-order valence-corrected chi connectivity index (χ0v) is 83.0. The number of rotatable bonds is 18. The van der Waals surface area contributed by atoms with E-state index < -0.39 is 252 Å². The van der Waals surface area contributed by atoms with Gasteiger partial charge in [0.05, 0.1) is 63.7 Å². The molecule has 4 aliphatic heterocycles. The van der Waals surface area contributed by atoms with Crippen molar-refractivity contribution in [3.63, 3.8) is 0 Å². The minimum Gasteiger partial charge on any atom is -0.497 e. The fourth-order valence-electron chi connectivity index (χ4n) is 17.0. The van der Waals surface area contributed by atoms with Crippen molar-refractivity contribution in [3.8, 4) is 17.2 Å². The summed E-state index contributed by atoms with van der Waals surface area (Å²) in [5.74, 6) is -22.0. The number of carboxylic acid groups (broad SMARTS) is 2. The van der Waals surface area contributed by atoms with Gasteiger partial charge in [0, 0.05) is 117 Å². The fraction of sp³-hybridized carbons (Fsp3) is 0.464. The highest BCUT2D eigenvalue weighted by Gasteiger charge is 2.43. The Hall–Kier alpha value is -14.0. The Labute approximate surface area is 836 Å². The molecule has 768 valence electrons. The predicted molar refractivity (Wildman–Crippen MR) is 528 cm³/mol. The maximum Gasteiger partial charge on any atom is 0.305 e. The van der Waals surface area contributed by atoms with Crippen LogP contribution in [0, 0.1) is 11.8 Å². The number of aromatic nitrogens is 2. The third kappa shape index (κ3) is 30.5. The number of nitrogens with zero attached hydrogens (tertiary/aromatic N) is 4. The van der Waals surface area contributed by atoms with Crippen molar-refractivity contribution in [1.82, 2.24) is 88.1 Å². The van der Waals surface area contributed by atoms with E-state index in [1.165, 1.54) is 61.7 Å². The molecule has 143 heavy (non-hydrogen) atoms. The summed E-state index contributed by atoms with van der Waals surface area (Å²) < 4.78 is 17.8. The van der Waals surface area contributed by atoms with Crippen LogP contribution in [0.4, 0.5) is 0 Å². The molecule has 1 saturated heterocycles. The molecular weight excluding hydrogens is 1910 g/mol. The number of aliphatic carboxylic acids is 2. The fourth-order valence-corrected chi connectivity index (χ4v) is 19.8. The van der Waals surface area contributed by atoms with Crippen LogP contribution in [0.5, 0.6) is 17.2 Å². The monoisotopic (exact) mass is 2030 g/mol. The van der Waals surface area contributed by atoms with Gasteiger partial charge in [0.1, 0.15) is 83.7 Å².